The fourth-order valence-corrected chi connectivity index (χ4v) is 7.77. The third-order valence-corrected chi connectivity index (χ3v) is 9.42. The highest BCUT2D eigenvalue weighted by Crippen LogP contribution is 2.38. The van der Waals surface area contributed by atoms with Crippen molar-refractivity contribution in [3.05, 3.63) is 99.0 Å². The molecule has 1 amide bonds. The van der Waals surface area contributed by atoms with Crippen LogP contribution in [0.15, 0.2) is 87.3 Å². The molecule has 0 radical (unpaired) electrons. The largest absolute Gasteiger partial charge is 0.448 e. The van der Waals surface area contributed by atoms with Gasteiger partial charge < -0.3 is 10.5 Å². The van der Waals surface area contributed by atoms with E-state index in [0.717, 1.165) is 25.4 Å². The second-order valence-corrected chi connectivity index (χ2v) is 12.8. The van der Waals surface area contributed by atoms with E-state index in [1.165, 1.54) is 28.0 Å². The number of benzene rings is 2. The van der Waals surface area contributed by atoms with Gasteiger partial charge in [0, 0.05) is 0 Å². The summed E-state index contributed by atoms with van der Waals surface area (Å²) in [6.07, 6.45) is 1.08. The van der Waals surface area contributed by atoms with E-state index in [1.54, 1.807) is 6.08 Å². The van der Waals surface area contributed by atoms with Gasteiger partial charge in [-0.15, -0.1) is 10.2 Å². The molecule has 1 saturated heterocycles. The number of β-lactam (4-membered cyclic amide) rings is 1. The molecule has 1 aromatic heterocycles. The summed E-state index contributed by atoms with van der Waals surface area (Å²) < 4.78 is 19.8. The van der Waals surface area contributed by atoms with Crippen LogP contribution in [0.3, 0.4) is 0 Å². The van der Waals surface area contributed by atoms with Gasteiger partial charge in [0.25, 0.3) is 0 Å². The molecule has 190 valence electrons. The molecule has 37 heavy (non-hydrogen) atoms. The van der Waals surface area contributed by atoms with Gasteiger partial charge in [0.05, 0.1) is 16.6 Å². The number of rotatable bonds is 7. The first-order valence-corrected chi connectivity index (χ1v) is 14.5. The van der Waals surface area contributed by atoms with Crippen LogP contribution in [-0.2, 0) is 25.1 Å². The second kappa shape index (κ2) is 10.7. The molecule has 2 aliphatic heterocycles. The number of aryl methyl sites for hydroxylation is 1. The first kappa shape index (κ1) is 25.5. The van der Waals surface area contributed by atoms with E-state index in [4.69, 9.17) is 10.5 Å². The third-order valence-electron chi connectivity index (χ3n) is 5.95. The Balaban J connectivity index is 1.53. The fraction of sp³-hybridized carbons (Fsp3) is 0.231. The standard InChI is InChI=1S/C26H24N4O4S3/c1-15(35-26-29-28-16(2)36-26)13-19-14-37(33)24-20(27)23(31)30(24)21(19)25(32)34-22(17-9-5-3-6-10-17)18-11-7-4-8-12-18/h3-13,20,22,24H,14,27H2,1-2H3/b15-13+. The number of hydrogen-bond acceptors (Lipinski definition) is 9. The van der Waals surface area contributed by atoms with E-state index in [2.05, 4.69) is 10.2 Å². The Labute approximate surface area is 225 Å². The number of fused-ring (bicyclic) bond motifs is 1. The SMILES string of the molecule is C/C(=C\C1=C(C(=O)OC(c2ccccc2)c2ccccc2)N2C(=O)C(N)C2S(=O)C1)Sc1nnc(C)s1. The van der Waals surface area contributed by atoms with Crippen molar-refractivity contribution in [3.8, 4) is 0 Å². The van der Waals surface area contributed by atoms with Crippen LogP contribution in [0, 0.1) is 6.92 Å². The third kappa shape index (κ3) is 5.17. The molecule has 3 atom stereocenters. The van der Waals surface area contributed by atoms with Crippen LogP contribution >= 0.6 is 23.1 Å². The lowest BCUT2D eigenvalue weighted by atomic mass is 10.0. The molecule has 3 aromatic rings. The van der Waals surface area contributed by atoms with Gasteiger partial charge in [0.15, 0.2) is 10.4 Å². The Hall–Kier alpha value is -3.12. The maximum Gasteiger partial charge on any atom is 0.356 e. The number of thioether (sulfide) groups is 1. The van der Waals surface area contributed by atoms with Crippen LogP contribution in [0.5, 0.6) is 0 Å². The highest BCUT2D eigenvalue weighted by Gasteiger charge is 2.55. The Bertz CT molecular complexity index is 1380. The van der Waals surface area contributed by atoms with Crippen molar-refractivity contribution in [2.75, 3.05) is 5.75 Å². The summed E-state index contributed by atoms with van der Waals surface area (Å²) in [5.41, 5.74) is 8.10. The lowest BCUT2D eigenvalue weighted by Crippen LogP contribution is -2.71. The van der Waals surface area contributed by atoms with Crippen molar-refractivity contribution in [3.63, 3.8) is 0 Å². The first-order chi connectivity index (χ1) is 17.8. The number of nitrogens with two attached hydrogens (primary N) is 1. The van der Waals surface area contributed by atoms with E-state index in [-0.39, 0.29) is 11.4 Å². The minimum absolute atomic E-state index is 0.0843. The topological polar surface area (TPSA) is 115 Å². The van der Waals surface area contributed by atoms with Gasteiger partial charge in [-0.25, -0.2) is 4.79 Å². The van der Waals surface area contributed by atoms with Crippen molar-refractivity contribution in [2.24, 2.45) is 5.73 Å². The Morgan fingerprint density at radius 1 is 1.16 bits per heavy atom. The molecule has 5 rings (SSSR count). The van der Waals surface area contributed by atoms with Gasteiger partial charge >= 0.3 is 5.97 Å². The van der Waals surface area contributed by atoms with Crippen molar-refractivity contribution >= 4 is 45.8 Å². The lowest BCUT2D eigenvalue weighted by Gasteiger charge is -2.47. The van der Waals surface area contributed by atoms with Crippen LogP contribution < -0.4 is 5.73 Å². The van der Waals surface area contributed by atoms with Gasteiger partial charge in [0.2, 0.25) is 5.91 Å². The summed E-state index contributed by atoms with van der Waals surface area (Å²) in [5, 5.41) is 8.25. The predicted octanol–water partition coefficient (Wildman–Crippen LogP) is 3.69. The maximum atomic E-state index is 13.8. The highest BCUT2D eigenvalue weighted by molar-refractivity contribution is 8.04. The predicted molar refractivity (Wildman–Crippen MR) is 144 cm³/mol. The number of ether oxygens (including phenoxy) is 1. The molecule has 0 spiro atoms. The summed E-state index contributed by atoms with van der Waals surface area (Å²) in [7, 11) is -1.45. The summed E-state index contributed by atoms with van der Waals surface area (Å²) in [5.74, 6) is -1.03. The van der Waals surface area contributed by atoms with Crippen LogP contribution in [0.1, 0.15) is 29.2 Å². The highest BCUT2D eigenvalue weighted by atomic mass is 32.2. The number of carbonyl (C=O) groups excluding carboxylic acids is 2. The molecule has 0 saturated carbocycles. The maximum absolute atomic E-state index is 13.8. The number of esters is 1. The minimum Gasteiger partial charge on any atom is -0.448 e. The average molecular weight is 553 g/mol. The number of allylic oxidation sites excluding steroid dienone is 2. The molecule has 0 bridgehead atoms. The fourth-order valence-electron chi connectivity index (χ4n) is 4.29. The number of carbonyl (C=O) groups is 2. The quantitative estimate of drug-likeness (QED) is 0.268. The summed E-state index contributed by atoms with van der Waals surface area (Å²) in [4.78, 5) is 28.6. The summed E-state index contributed by atoms with van der Waals surface area (Å²) in [6.45, 7) is 3.74. The van der Waals surface area contributed by atoms with E-state index < -0.39 is 40.2 Å². The normalized spacial score (nSPS) is 21.6. The van der Waals surface area contributed by atoms with E-state index in [0.29, 0.717) is 5.57 Å². The number of nitrogens with zero attached hydrogens (tertiary/aromatic N) is 3. The molecule has 8 nitrogen and oxygen atoms in total. The molecule has 2 aliphatic rings. The first-order valence-electron chi connectivity index (χ1n) is 11.5. The van der Waals surface area contributed by atoms with Gasteiger partial charge in [-0.2, -0.15) is 0 Å². The van der Waals surface area contributed by atoms with Crippen LogP contribution in [0.2, 0.25) is 0 Å². The van der Waals surface area contributed by atoms with Crippen LogP contribution in [0.25, 0.3) is 0 Å². The Morgan fingerprint density at radius 2 is 1.78 bits per heavy atom. The van der Waals surface area contributed by atoms with Gasteiger partial charge in [-0.1, -0.05) is 83.8 Å². The van der Waals surface area contributed by atoms with Crippen molar-refractivity contribution in [1.29, 1.82) is 0 Å². The molecule has 2 N–H and O–H groups in total. The van der Waals surface area contributed by atoms with Gasteiger partial charge in [-0.05, 0) is 41.5 Å². The van der Waals surface area contributed by atoms with Crippen molar-refractivity contribution in [2.45, 2.75) is 35.7 Å². The Kier molecular flexibility index (Phi) is 7.38. The number of hydrogen-bond donors (Lipinski definition) is 1. The van der Waals surface area contributed by atoms with E-state index >= 15 is 0 Å². The monoisotopic (exact) mass is 552 g/mol. The van der Waals surface area contributed by atoms with Gasteiger partial charge in [0.1, 0.15) is 22.1 Å². The van der Waals surface area contributed by atoms with Gasteiger partial charge in [-0.3, -0.25) is 13.9 Å². The zero-order chi connectivity index (χ0) is 26.1. The van der Waals surface area contributed by atoms with Crippen molar-refractivity contribution < 1.29 is 18.5 Å². The van der Waals surface area contributed by atoms with Crippen molar-refractivity contribution in [1.82, 2.24) is 15.1 Å². The smallest absolute Gasteiger partial charge is 0.356 e. The zero-order valence-electron chi connectivity index (χ0n) is 20.1. The lowest BCUT2D eigenvalue weighted by molar-refractivity contribution is -0.153. The molecule has 11 heteroatoms. The van der Waals surface area contributed by atoms with E-state index in [1.807, 2.05) is 74.5 Å². The van der Waals surface area contributed by atoms with Crippen LogP contribution in [0.4, 0.5) is 0 Å². The molecule has 1 fully saturated rings. The van der Waals surface area contributed by atoms with E-state index in [9.17, 15) is 13.8 Å². The van der Waals surface area contributed by atoms with Crippen LogP contribution in [-0.4, -0.2) is 48.4 Å². The zero-order valence-corrected chi connectivity index (χ0v) is 22.5. The molecule has 2 aromatic carbocycles. The molecular formula is C26H24N4O4S3. The second-order valence-electron chi connectivity index (χ2n) is 8.57. The molecule has 0 aliphatic carbocycles. The Morgan fingerprint density at radius 3 is 2.35 bits per heavy atom. The molecular weight excluding hydrogens is 529 g/mol. The molecule has 3 heterocycles. The summed E-state index contributed by atoms with van der Waals surface area (Å²) in [6, 6.07) is 17.9. The number of amides is 1. The number of aromatic nitrogens is 2. The summed E-state index contributed by atoms with van der Waals surface area (Å²) >= 11 is 2.85. The average Bonchev–Trinajstić information content (AvgIpc) is 3.31. The molecule has 3 unspecified atom stereocenters. The minimum atomic E-state index is -1.45.